The quantitative estimate of drug-likeness (QED) is 0.664. The van der Waals surface area contributed by atoms with Gasteiger partial charge in [0.2, 0.25) is 0 Å². The molecule has 0 amide bonds. The molecule has 1 aliphatic rings. The van der Waals surface area contributed by atoms with Gasteiger partial charge in [-0.25, -0.2) is 0 Å². The van der Waals surface area contributed by atoms with Crippen LogP contribution in [-0.2, 0) is 5.41 Å². The molecule has 0 spiro atoms. The summed E-state index contributed by atoms with van der Waals surface area (Å²) in [6, 6.07) is 7.13. The van der Waals surface area contributed by atoms with Crippen molar-refractivity contribution in [2.45, 2.75) is 31.4 Å². The number of hydrogen-bond donors (Lipinski definition) is 2. The highest BCUT2D eigenvalue weighted by Gasteiger charge is 2.43. The number of nitrogens with zero attached hydrogens (tertiary/aromatic N) is 1. The summed E-state index contributed by atoms with van der Waals surface area (Å²) in [4.78, 5) is 0. The van der Waals surface area contributed by atoms with E-state index in [1.54, 1.807) is 12.1 Å². The maximum atomic E-state index is 10.0. The second-order valence-corrected chi connectivity index (χ2v) is 4.61. The molecule has 0 aromatic heterocycles. The zero-order valence-electron chi connectivity index (χ0n) is 8.86. The van der Waals surface area contributed by atoms with E-state index in [2.05, 4.69) is 6.07 Å². The number of benzene rings is 1. The monoisotopic (exact) mass is 202 g/mol. The topological polar surface area (TPSA) is 70.0 Å². The number of fused-ring (bicyclic) bond motifs is 1. The molecule has 0 aliphatic heterocycles. The summed E-state index contributed by atoms with van der Waals surface area (Å²) in [6.07, 6.45) is -0.582. The van der Waals surface area contributed by atoms with E-state index in [1.165, 1.54) is 0 Å². The first-order valence-corrected chi connectivity index (χ1v) is 4.96. The molecule has 15 heavy (non-hydrogen) atoms. The lowest BCUT2D eigenvalue weighted by molar-refractivity contribution is 0.0921. The molecule has 0 saturated carbocycles. The van der Waals surface area contributed by atoms with Crippen molar-refractivity contribution < 1.29 is 5.11 Å². The molecule has 0 saturated heterocycles. The Morgan fingerprint density at radius 2 is 2.13 bits per heavy atom. The first-order chi connectivity index (χ1) is 6.98. The summed E-state index contributed by atoms with van der Waals surface area (Å²) in [5.74, 6) is 0. The van der Waals surface area contributed by atoms with E-state index in [-0.39, 0.29) is 11.5 Å². The van der Waals surface area contributed by atoms with Crippen LogP contribution < -0.4 is 5.73 Å². The van der Waals surface area contributed by atoms with Crippen molar-refractivity contribution in [1.82, 2.24) is 0 Å². The summed E-state index contributed by atoms with van der Waals surface area (Å²) >= 11 is 0. The maximum Gasteiger partial charge on any atom is 0.0991 e. The van der Waals surface area contributed by atoms with Crippen molar-refractivity contribution in [3.8, 4) is 6.07 Å². The molecule has 1 aromatic rings. The minimum absolute atomic E-state index is 0.331. The molecule has 1 aromatic carbocycles. The lowest BCUT2D eigenvalue weighted by atomic mass is 9.84. The van der Waals surface area contributed by atoms with E-state index < -0.39 is 6.10 Å². The van der Waals surface area contributed by atoms with Crippen LogP contribution in [0.2, 0.25) is 0 Å². The molecule has 3 N–H and O–H groups in total. The van der Waals surface area contributed by atoms with Crippen LogP contribution in [0.25, 0.3) is 0 Å². The van der Waals surface area contributed by atoms with Crippen molar-refractivity contribution in [3.63, 3.8) is 0 Å². The van der Waals surface area contributed by atoms with E-state index in [0.29, 0.717) is 5.56 Å². The molecule has 78 valence electrons. The number of aliphatic hydroxyl groups excluding tert-OH is 1. The number of nitriles is 1. The van der Waals surface area contributed by atoms with Crippen molar-refractivity contribution >= 4 is 0 Å². The summed E-state index contributed by atoms with van der Waals surface area (Å²) in [6.45, 7) is 3.94. The summed E-state index contributed by atoms with van der Waals surface area (Å²) < 4.78 is 0. The molecule has 3 heteroatoms. The van der Waals surface area contributed by atoms with Gasteiger partial charge in [-0.15, -0.1) is 0 Å². The van der Waals surface area contributed by atoms with Gasteiger partial charge in [0.15, 0.2) is 0 Å². The van der Waals surface area contributed by atoms with Crippen LogP contribution in [0.3, 0.4) is 0 Å². The predicted octanol–water partition coefficient (Wildman–Crippen LogP) is 1.21. The Balaban J connectivity index is 2.62. The Morgan fingerprint density at radius 1 is 1.47 bits per heavy atom. The summed E-state index contributed by atoms with van der Waals surface area (Å²) in [7, 11) is 0. The molecule has 3 nitrogen and oxygen atoms in total. The van der Waals surface area contributed by atoms with Gasteiger partial charge < -0.3 is 10.8 Å². The van der Waals surface area contributed by atoms with Gasteiger partial charge in [0, 0.05) is 5.41 Å². The molecule has 0 bridgehead atoms. The van der Waals surface area contributed by atoms with Crippen LogP contribution in [0.5, 0.6) is 0 Å². The number of nitrogens with two attached hydrogens (primary N) is 1. The highest BCUT2D eigenvalue weighted by Crippen LogP contribution is 2.43. The molecule has 0 heterocycles. The van der Waals surface area contributed by atoms with E-state index >= 15 is 0 Å². The van der Waals surface area contributed by atoms with Crippen LogP contribution in [0.1, 0.15) is 36.6 Å². The molecule has 2 unspecified atom stereocenters. The van der Waals surface area contributed by atoms with Crippen LogP contribution in [0.4, 0.5) is 0 Å². The minimum atomic E-state index is -0.582. The second kappa shape index (κ2) is 3.06. The number of hydrogen-bond acceptors (Lipinski definition) is 3. The van der Waals surface area contributed by atoms with E-state index in [0.717, 1.165) is 11.1 Å². The third-order valence-electron chi connectivity index (χ3n) is 3.31. The summed E-state index contributed by atoms with van der Waals surface area (Å²) in [5, 5.41) is 18.8. The average Bonchev–Trinajstić information content (AvgIpc) is 2.40. The van der Waals surface area contributed by atoms with Gasteiger partial charge >= 0.3 is 0 Å². The van der Waals surface area contributed by atoms with Gasteiger partial charge in [-0.2, -0.15) is 5.26 Å². The highest BCUT2D eigenvalue weighted by atomic mass is 16.3. The fraction of sp³-hybridized carbons (Fsp3) is 0.417. The van der Waals surface area contributed by atoms with Gasteiger partial charge in [-0.1, -0.05) is 19.9 Å². The third kappa shape index (κ3) is 1.26. The Bertz CT molecular complexity index is 445. The Kier molecular flexibility index (Phi) is 2.07. The summed E-state index contributed by atoms with van der Waals surface area (Å²) in [5.41, 5.74) is 8.13. The lowest BCUT2D eigenvalue weighted by Crippen LogP contribution is -2.34. The number of aliphatic hydroxyl groups is 1. The van der Waals surface area contributed by atoms with Crippen LogP contribution >= 0.6 is 0 Å². The Morgan fingerprint density at radius 3 is 2.73 bits per heavy atom. The fourth-order valence-electron chi connectivity index (χ4n) is 2.27. The zero-order chi connectivity index (χ0) is 11.2. The van der Waals surface area contributed by atoms with Gasteiger partial charge in [-0.3, -0.25) is 0 Å². The van der Waals surface area contributed by atoms with Crippen molar-refractivity contribution in [1.29, 1.82) is 5.26 Å². The molecule has 0 fully saturated rings. The van der Waals surface area contributed by atoms with Crippen LogP contribution in [0, 0.1) is 11.3 Å². The largest absolute Gasteiger partial charge is 0.390 e. The highest BCUT2D eigenvalue weighted by molar-refractivity contribution is 5.48. The maximum absolute atomic E-state index is 10.0. The fourth-order valence-corrected chi connectivity index (χ4v) is 2.27. The zero-order valence-corrected chi connectivity index (χ0v) is 8.86. The van der Waals surface area contributed by atoms with E-state index in [4.69, 9.17) is 11.0 Å². The molecular formula is C12H14N2O. The molecular weight excluding hydrogens is 188 g/mol. The van der Waals surface area contributed by atoms with Gasteiger partial charge in [0.25, 0.3) is 0 Å². The second-order valence-electron chi connectivity index (χ2n) is 4.61. The third-order valence-corrected chi connectivity index (χ3v) is 3.31. The van der Waals surface area contributed by atoms with E-state index in [1.807, 2.05) is 19.9 Å². The SMILES string of the molecule is CC1(C)c2ccc(C#N)cc2C(N)C1O. The molecule has 2 atom stereocenters. The van der Waals surface area contributed by atoms with Gasteiger partial charge in [-0.05, 0) is 23.3 Å². The van der Waals surface area contributed by atoms with Crippen molar-refractivity contribution in [2.75, 3.05) is 0 Å². The first-order valence-electron chi connectivity index (χ1n) is 4.96. The standard InChI is InChI=1S/C12H14N2O/c1-12(2)9-4-3-7(6-13)5-8(9)10(14)11(12)15/h3-5,10-11,15H,14H2,1-2H3. The van der Waals surface area contributed by atoms with Crippen molar-refractivity contribution in [3.05, 3.63) is 34.9 Å². The van der Waals surface area contributed by atoms with Crippen molar-refractivity contribution in [2.24, 2.45) is 5.73 Å². The normalized spacial score (nSPS) is 27.1. The first kappa shape index (κ1) is 10.2. The number of rotatable bonds is 0. The molecule has 2 rings (SSSR count). The van der Waals surface area contributed by atoms with Crippen LogP contribution in [0.15, 0.2) is 18.2 Å². The Hall–Kier alpha value is -1.37. The lowest BCUT2D eigenvalue weighted by Gasteiger charge is -2.25. The Labute approximate surface area is 89.1 Å². The van der Waals surface area contributed by atoms with Crippen LogP contribution in [-0.4, -0.2) is 11.2 Å². The molecule has 1 aliphatic carbocycles. The van der Waals surface area contributed by atoms with Gasteiger partial charge in [0.05, 0.1) is 23.8 Å². The van der Waals surface area contributed by atoms with E-state index in [9.17, 15) is 5.11 Å². The predicted molar refractivity (Wildman–Crippen MR) is 57.1 cm³/mol. The molecule has 0 radical (unpaired) electrons. The average molecular weight is 202 g/mol. The van der Waals surface area contributed by atoms with Gasteiger partial charge in [0.1, 0.15) is 0 Å². The minimum Gasteiger partial charge on any atom is -0.390 e. The smallest absolute Gasteiger partial charge is 0.0991 e.